The summed E-state index contributed by atoms with van der Waals surface area (Å²) in [5.41, 5.74) is 0.771. The molecule has 1 aromatic rings. The Morgan fingerprint density at radius 2 is 2.13 bits per heavy atom. The predicted octanol–water partition coefficient (Wildman–Crippen LogP) is 2.61. The summed E-state index contributed by atoms with van der Waals surface area (Å²) in [5.74, 6) is 0. The highest BCUT2D eigenvalue weighted by Gasteiger charge is 2.35. The van der Waals surface area contributed by atoms with E-state index in [-0.39, 0.29) is 23.6 Å². The summed E-state index contributed by atoms with van der Waals surface area (Å²) in [4.78, 5) is 12.2. The summed E-state index contributed by atoms with van der Waals surface area (Å²) in [5, 5.41) is 16.1. The molecule has 1 aromatic carbocycles. The Kier molecular flexibility index (Phi) is 6.42. The summed E-state index contributed by atoms with van der Waals surface area (Å²) < 4.78 is 5.21. The van der Waals surface area contributed by atoms with Crippen LogP contribution in [0.5, 0.6) is 0 Å². The highest BCUT2D eigenvalue weighted by molar-refractivity contribution is 5.74. The molecule has 128 valence electrons. The van der Waals surface area contributed by atoms with Crippen LogP contribution in [0, 0.1) is 5.41 Å². The quantitative estimate of drug-likeness (QED) is 0.754. The molecule has 2 rings (SSSR count). The molecule has 0 aliphatic heterocycles. The molecule has 3 N–H and O–H groups in total. The molecule has 0 aromatic heterocycles. The molecule has 0 heterocycles. The zero-order valence-corrected chi connectivity index (χ0v) is 14.0. The fraction of sp³-hybridized carbons (Fsp3) is 0.611. The first-order valence-corrected chi connectivity index (χ1v) is 8.31. The van der Waals surface area contributed by atoms with Gasteiger partial charge in [-0.2, -0.15) is 0 Å². The monoisotopic (exact) mass is 320 g/mol. The molecule has 0 saturated heterocycles. The molecule has 3 unspecified atom stereocenters. The van der Waals surface area contributed by atoms with Crippen LogP contribution in [-0.4, -0.2) is 37.5 Å². The molecule has 0 bridgehead atoms. The maximum absolute atomic E-state index is 12.2. The molecule has 3 atom stereocenters. The van der Waals surface area contributed by atoms with Crippen molar-refractivity contribution in [3.63, 3.8) is 0 Å². The molecule has 2 amide bonds. The molecule has 1 aliphatic carbocycles. The number of amides is 2. The minimum atomic E-state index is -0.347. The molecule has 23 heavy (non-hydrogen) atoms. The second-order valence-electron chi connectivity index (χ2n) is 6.66. The molecule has 1 fully saturated rings. The van der Waals surface area contributed by atoms with Crippen molar-refractivity contribution >= 4 is 6.03 Å². The first kappa shape index (κ1) is 17.8. The third kappa shape index (κ3) is 4.94. The maximum Gasteiger partial charge on any atom is 0.315 e. The second-order valence-corrected chi connectivity index (χ2v) is 6.66. The van der Waals surface area contributed by atoms with E-state index in [0.29, 0.717) is 13.2 Å². The van der Waals surface area contributed by atoms with E-state index in [1.807, 2.05) is 37.3 Å². The summed E-state index contributed by atoms with van der Waals surface area (Å²) in [6, 6.07) is 9.35. The Hall–Kier alpha value is -1.59. The van der Waals surface area contributed by atoms with Crippen molar-refractivity contribution in [1.82, 2.24) is 10.6 Å². The van der Waals surface area contributed by atoms with Crippen molar-refractivity contribution < 1.29 is 14.6 Å². The number of benzene rings is 1. The van der Waals surface area contributed by atoms with Gasteiger partial charge in [0.1, 0.15) is 0 Å². The molecular weight excluding hydrogens is 292 g/mol. The fourth-order valence-electron chi connectivity index (χ4n) is 3.15. The fourth-order valence-corrected chi connectivity index (χ4v) is 3.15. The average Bonchev–Trinajstić information content (AvgIpc) is 2.56. The van der Waals surface area contributed by atoms with Gasteiger partial charge in [-0.15, -0.1) is 0 Å². The Balaban J connectivity index is 1.89. The zero-order valence-electron chi connectivity index (χ0n) is 14.0. The number of aliphatic hydroxyl groups excluding tert-OH is 1. The van der Waals surface area contributed by atoms with Gasteiger partial charge in [0.25, 0.3) is 0 Å². The minimum Gasteiger partial charge on any atom is -0.392 e. The average molecular weight is 320 g/mol. The van der Waals surface area contributed by atoms with Gasteiger partial charge in [0.2, 0.25) is 0 Å². The van der Waals surface area contributed by atoms with Gasteiger partial charge in [-0.1, -0.05) is 50.1 Å². The van der Waals surface area contributed by atoms with Crippen molar-refractivity contribution in [2.24, 2.45) is 5.41 Å². The topological polar surface area (TPSA) is 70.6 Å². The smallest absolute Gasteiger partial charge is 0.315 e. The van der Waals surface area contributed by atoms with E-state index < -0.39 is 0 Å². The number of nitrogens with one attached hydrogen (secondary N) is 2. The van der Waals surface area contributed by atoms with Gasteiger partial charge >= 0.3 is 6.03 Å². The first-order chi connectivity index (χ1) is 11.0. The Labute approximate surface area is 138 Å². The molecular formula is C18H28N2O3. The first-order valence-electron chi connectivity index (χ1n) is 8.31. The number of methoxy groups -OCH3 is 1. The zero-order chi connectivity index (χ0) is 16.7. The molecule has 1 saturated carbocycles. The van der Waals surface area contributed by atoms with E-state index in [0.717, 1.165) is 31.2 Å². The van der Waals surface area contributed by atoms with Gasteiger partial charge in [0.05, 0.1) is 18.8 Å². The van der Waals surface area contributed by atoms with E-state index in [4.69, 9.17) is 4.74 Å². The lowest BCUT2D eigenvalue weighted by Crippen LogP contribution is -2.48. The summed E-state index contributed by atoms with van der Waals surface area (Å²) >= 11 is 0. The summed E-state index contributed by atoms with van der Waals surface area (Å²) in [6.45, 7) is 2.94. The van der Waals surface area contributed by atoms with E-state index in [2.05, 4.69) is 10.6 Å². The maximum atomic E-state index is 12.2. The number of hydrogen-bond donors (Lipinski definition) is 3. The van der Waals surface area contributed by atoms with Crippen molar-refractivity contribution in [1.29, 1.82) is 0 Å². The van der Waals surface area contributed by atoms with Gasteiger partial charge in [-0.25, -0.2) is 4.79 Å². The van der Waals surface area contributed by atoms with Crippen LogP contribution in [0.2, 0.25) is 0 Å². The molecule has 1 aliphatic rings. The Bertz CT molecular complexity index is 494. The number of hydrogen-bond acceptors (Lipinski definition) is 3. The molecule has 5 heteroatoms. The van der Waals surface area contributed by atoms with Crippen LogP contribution >= 0.6 is 0 Å². The van der Waals surface area contributed by atoms with Gasteiger partial charge in [-0.05, 0) is 18.4 Å². The van der Waals surface area contributed by atoms with Crippen molar-refractivity contribution in [2.45, 2.75) is 44.8 Å². The third-order valence-electron chi connectivity index (χ3n) is 4.77. The van der Waals surface area contributed by atoms with Crippen molar-refractivity contribution in [3.8, 4) is 0 Å². The number of urea groups is 1. The van der Waals surface area contributed by atoms with Crippen LogP contribution in [0.15, 0.2) is 30.3 Å². The highest BCUT2D eigenvalue weighted by Crippen LogP contribution is 2.35. The van der Waals surface area contributed by atoms with Crippen LogP contribution in [0.4, 0.5) is 4.79 Å². The number of rotatable bonds is 6. The minimum absolute atomic E-state index is 0.190. The number of aliphatic hydroxyl groups is 1. The van der Waals surface area contributed by atoms with Crippen molar-refractivity contribution in [3.05, 3.63) is 35.9 Å². The van der Waals surface area contributed by atoms with Crippen LogP contribution in [0.25, 0.3) is 0 Å². The van der Waals surface area contributed by atoms with Crippen molar-refractivity contribution in [2.75, 3.05) is 20.3 Å². The van der Waals surface area contributed by atoms with Gasteiger partial charge in [0, 0.05) is 19.1 Å². The largest absolute Gasteiger partial charge is 0.392 e. The SMILES string of the molecule is COCC(NC(=O)NCC1(C)CCCCC1O)c1ccccc1. The second kappa shape index (κ2) is 8.31. The normalized spacial score (nSPS) is 25.6. The standard InChI is InChI=1S/C18H28N2O3/c1-18(11-7-6-10-16(18)21)13-19-17(22)20-15(12-23-2)14-8-4-3-5-9-14/h3-5,8-9,15-16,21H,6-7,10-13H2,1-2H3,(H2,19,20,22). The van der Waals surface area contributed by atoms with Gasteiger partial charge in [0.15, 0.2) is 0 Å². The Morgan fingerprint density at radius 3 is 2.78 bits per heavy atom. The lowest BCUT2D eigenvalue weighted by atomic mass is 9.73. The van der Waals surface area contributed by atoms with E-state index in [9.17, 15) is 9.90 Å². The summed E-state index contributed by atoms with van der Waals surface area (Å²) in [6.07, 6.45) is 3.57. The third-order valence-corrected chi connectivity index (χ3v) is 4.77. The van der Waals surface area contributed by atoms with Crippen LogP contribution < -0.4 is 10.6 Å². The summed E-state index contributed by atoms with van der Waals surface area (Å²) in [7, 11) is 1.62. The van der Waals surface area contributed by atoms with E-state index >= 15 is 0 Å². The van der Waals surface area contributed by atoms with Gasteiger partial charge in [-0.3, -0.25) is 0 Å². The number of carbonyl (C=O) groups excluding carboxylic acids is 1. The molecule has 0 spiro atoms. The highest BCUT2D eigenvalue weighted by atomic mass is 16.5. The predicted molar refractivity (Wildman–Crippen MR) is 90.2 cm³/mol. The van der Waals surface area contributed by atoms with Crippen LogP contribution in [-0.2, 0) is 4.74 Å². The van der Waals surface area contributed by atoms with Gasteiger partial charge < -0.3 is 20.5 Å². The van der Waals surface area contributed by atoms with E-state index in [1.165, 1.54) is 0 Å². The molecule has 5 nitrogen and oxygen atoms in total. The lowest BCUT2D eigenvalue weighted by Gasteiger charge is -2.38. The Morgan fingerprint density at radius 1 is 1.39 bits per heavy atom. The van der Waals surface area contributed by atoms with E-state index in [1.54, 1.807) is 7.11 Å². The number of ether oxygens (including phenoxy) is 1. The number of carbonyl (C=O) groups is 1. The van der Waals surface area contributed by atoms with Crippen LogP contribution in [0.1, 0.15) is 44.2 Å². The van der Waals surface area contributed by atoms with Crippen LogP contribution in [0.3, 0.4) is 0 Å². The lowest BCUT2D eigenvalue weighted by molar-refractivity contribution is 0.00299. The molecule has 0 radical (unpaired) electrons.